The summed E-state index contributed by atoms with van der Waals surface area (Å²) in [4.78, 5) is 12.2. The van der Waals surface area contributed by atoms with Crippen LogP contribution in [0.3, 0.4) is 0 Å². The monoisotopic (exact) mass is 334 g/mol. The van der Waals surface area contributed by atoms with Crippen LogP contribution in [0.4, 0.5) is 11.4 Å². The standard InChI is InChI=1S/C15H15BrN2O2/c1-9-3-5-13(12(17)7-9)18-15(19)10-4-6-14(20-2)11(16)8-10/h3-8H,17H2,1-2H3,(H,18,19). The first-order valence-electron chi connectivity index (χ1n) is 6.02. The first-order valence-corrected chi connectivity index (χ1v) is 6.81. The van der Waals surface area contributed by atoms with E-state index in [2.05, 4.69) is 21.2 Å². The molecule has 4 nitrogen and oxygen atoms in total. The summed E-state index contributed by atoms with van der Waals surface area (Å²) in [6.07, 6.45) is 0. The van der Waals surface area contributed by atoms with Crippen LogP contribution in [0.5, 0.6) is 5.75 Å². The first kappa shape index (κ1) is 14.4. The molecule has 0 aliphatic carbocycles. The number of nitrogen functional groups attached to an aromatic ring is 1. The van der Waals surface area contributed by atoms with Crippen LogP contribution in [-0.2, 0) is 0 Å². The lowest BCUT2D eigenvalue weighted by molar-refractivity contribution is 0.102. The maximum atomic E-state index is 12.2. The molecule has 5 heteroatoms. The number of carbonyl (C=O) groups excluding carboxylic acids is 1. The summed E-state index contributed by atoms with van der Waals surface area (Å²) in [6.45, 7) is 1.95. The number of amides is 1. The molecule has 104 valence electrons. The van der Waals surface area contributed by atoms with Crippen LogP contribution >= 0.6 is 15.9 Å². The smallest absolute Gasteiger partial charge is 0.255 e. The molecule has 0 fully saturated rings. The van der Waals surface area contributed by atoms with Gasteiger partial charge in [0, 0.05) is 5.56 Å². The molecule has 0 atom stereocenters. The number of hydrogen-bond donors (Lipinski definition) is 2. The largest absolute Gasteiger partial charge is 0.496 e. The zero-order chi connectivity index (χ0) is 14.7. The van der Waals surface area contributed by atoms with Crippen molar-refractivity contribution in [2.45, 2.75) is 6.92 Å². The van der Waals surface area contributed by atoms with E-state index in [1.165, 1.54) is 0 Å². The summed E-state index contributed by atoms with van der Waals surface area (Å²) in [7, 11) is 1.58. The molecule has 2 aromatic carbocycles. The van der Waals surface area contributed by atoms with Crippen LogP contribution in [-0.4, -0.2) is 13.0 Å². The van der Waals surface area contributed by atoms with Crippen molar-refractivity contribution in [1.29, 1.82) is 0 Å². The molecule has 0 bridgehead atoms. The number of nitrogens with two attached hydrogens (primary N) is 1. The van der Waals surface area contributed by atoms with Crippen LogP contribution < -0.4 is 15.8 Å². The zero-order valence-corrected chi connectivity index (χ0v) is 12.8. The Hall–Kier alpha value is -2.01. The highest BCUT2D eigenvalue weighted by molar-refractivity contribution is 9.10. The number of aryl methyl sites for hydroxylation is 1. The third-order valence-electron chi connectivity index (χ3n) is 2.87. The summed E-state index contributed by atoms with van der Waals surface area (Å²) in [5, 5.41) is 2.79. The van der Waals surface area contributed by atoms with Crippen LogP contribution in [0.1, 0.15) is 15.9 Å². The topological polar surface area (TPSA) is 64.3 Å². The van der Waals surface area contributed by atoms with E-state index >= 15 is 0 Å². The third kappa shape index (κ3) is 3.11. The van der Waals surface area contributed by atoms with E-state index in [0.717, 1.165) is 10.0 Å². The molecule has 0 aliphatic rings. The lowest BCUT2D eigenvalue weighted by Gasteiger charge is -2.10. The maximum Gasteiger partial charge on any atom is 0.255 e. The van der Waals surface area contributed by atoms with Crippen molar-refractivity contribution in [2.24, 2.45) is 0 Å². The van der Waals surface area contributed by atoms with Crippen LogP contribution in [0, 0.1) is 6.92 Å². The number of ether oxygens (including phenoxy) is 1. The van der Waals surface area contributed by atoms with Gasteiger partial charge in [0.15, 0.2) is 0 Å². The summed E-state index contributed by atoms with van der Waals surface area (Å²) >= 11 is 3.36. The summed E-state index contributed by atoms with van der Waals surface area (Å²) < 4.78 is 5.86. The van der Waals surface area contributed by atoms with Gasteiger partial charge in [0.2, 0.25) is 0 Å². The van der Waals surface area contributed by atoms with Gasteiger partial charge in [-0.15, -0.1) is 0 Å². The average Bonchev–Trinajstić information content (AvgIpc) is 2.41. The number of rotatable bonds is 3. The number of methoxy groups -OCH3 is 1. The third-order valence-corrected chi connectivity index (χ3v) is 3.49. The van der Waals surface area contributed by atoms with E-state index in [0.29, 0.717) is 22.7 Å². The Balaban J connectivity index is 2.21. The quantitative estimate of drug-likeness (QED) is 0.843. The molecule has 0 heterocycles. The minimum absolute atomic E-state index is 0.219. The fourth-order valence-electron chi connectivity index (χ4n) is 1.80. The normalized spacial score (nSPS) is 10.2. The average molecular weight is 335 g/mol. The second kappa shape index (κ2) is 5.96. The van der Waals surface area contributed by atoms with Crippen LogP contribution in [0.15, 0.2) is 40.9 Å². The highest BCUT2D eigenvalue weighted by Gasteiger charge is 2.10. The van der Waals surface area contributed by atoms with Crippen molar-refractivity contribution in [3.05, 3.63) is 52.0 Å². The van der Waals surface area contributed by atoms with Gasteiger partial charge in [-0.05, 0) is 58.7 Å². The molecule has 3 N–H and O–H groups in total. The predicted octanol–water partition coefficient (Wildman–Crippen LogP) is 3.60. The van der Waals surface area contributed by atoms with Crippen molar-refractivity contribution >= 4 is 33.2 Å². The van der Waals surface area contributed by atoms with Gasteiger partial charge in [-0.2, -0.15) is 0 Å². The highest BCUT2D eigenvalue weighted by atomic mass is 79.9. The van der Waals surface area contributed by atoms with Gasteiger partial charge < -0.3 is 15.8 Å². The Bertz CT molecular complexity index is 656. The van der Waals surface area contributed by atoms with Crippen molar-refractivity contribution in [2.75, 3.05) is 18.2 Å². The fraction of sp³-hybridized carbons (Fsp3) is 0.133. The molecule has 0 unspecified atom stereocenters. The Kier molecular flexibility index (Phi) is 4.29. The molecular formula is C15H15BrN2O2. The van der Waals surface area contributed by atoms with E-state index in [4.69, 9.17) is 10.5 Å². The van der Waals surface area contributed by atoms with Crippen molar-refractivity contribution < 1.29 is 9.53 Å². The molecule has 2 aromatic rings. The summed E-state index contributed by atoms with van der Waals surface area (Å²) in [5.41, 5.74) is 8.61. The molecule has 20 heavy (non-hydrogen) atoms. The van der Waals surface area contributed by atoms with Gasteiger partial charge in [-0.1, -0.05) is 6.07 Å². The van der Waals surface area contributed by atoms with E-state index in [1.807, 2.05) is 19.1 Å². The Morgan fingerprint density at radius 3 is 2.60 bits per heavy atom. The second-order valence-corrected chi connectivity index (χ2v) is 5.25. The SMILES string of the molecule is COc1ccc(C(=O)Nc2ccc(C)cc2N)cc1Br. The molecule has 0 aliphatic heterocycles. The minimum atomic E-state index is -0.219. The van der Waals surface area contributed by atoms with Gasteiger partial charge in [-0.3, -0.25) is 4.79 Å². The van der Waals surface area contributed by atoms with Gasteiger partial charge in [0.05, 0.1) is 23.0 Å². The highest BCUT2D eigenvalue weighted by Crippen LogP contribution is 2.26. The maximum absolute atomic E-state index is 12.2. The van der Waals surface area contributed by atoms with Gasteiger partial charge in [0.1, 0.15) is 5.75 Å². The summed E-state index contributed by atoms with van der Waals surface area (Å²) in [6, 6.07) is 10.6. The molecule has 0 spiro atoms. The van der Waals surface area contributed by atoms with E-state index in [9.17, 15) is 4.79 Å². The van der Waals surface area contributed by atoms with Crippen molar-refractivity contribution in [3.8, 4) is 5.75 Å². The predicted molar refractivity (Wildman–Crippen MR) is 84.2 cm³/mol. The minimum Gasteiger partial charge on any atom is -0.496 e. The lowest BCUT2D eigenvalue weighted by Crippen LogP contribution is -2.13. The molecular weight excluding hydrogens is 320 g/mol. The molecule has 0 saturated carbocycles. The summed E-state index contributed by atoms with van der Waals surface area (Å²) in [5.74, 6) is 0.459. The van der Waals surface area contributed by atoms with E-state index < -0.39 is 0 Å². The van der Waals surface area contributed by atoms with Crippen LogP contribution in [0.25, 0.3) is 0 Å². The number of hydrogen-bond acceptors (Lipinski definition) is 3. The molecule has 0 saturated heterocycles. The zero-order valence-electron chi connectivity index (χ0n) is 11.2. The van der Waals surface area contributed by atoms with E-state index in [1.54, 1.807) is 31.4 Å². The van der Waals surface area contributed by atoms with Crippen LogP contribution in [0.2, 0.25) is 0 Å². The Morgan fingerprint density at radius 2 is 2.00 bits per heavy atom. The number of carbonyl (C=O) groups is 1. The van der Waals surface area contributed by atoms with Crippen molar-refractivity contribution in [1.82, 2.24) is 0 Å². The fourth-order valence-corrected chi connectivity index (χ4v) is 2.34. The molecule has 2 rings (SSSR count). The molecule has 0 aromatic heterocycles. The van der Waals surface area contributed by atoms with E-state index in [-0.39, 0.29) is 5.91 Å². The first-order chi connectivity index (χ1) is 9.51. The number of nitrogens with one attached hydrogen (secondary N) is 1. The Morgan fingerprint density at radius 1 is 1.25 bits per heavy atom. The van der Waals surface area contributed by atoms with Crippen molar-refractivity contribution in [3.63, 3.8) is 0 Å². The second-order valence-electron chi connectivity index (χ2n) is 4.39. The molecule has 1 amide bonds. The lowest BCUT2D eigenvalue weighted by atomic mass is 10.1. The van der Waals surface area contributed by atoms with Gasteiger partial charge >= 0.3 is 0 Å². The molecule has 0 radical (unpaired) electrons. The number of anilines is 2. The van der Waals surface area contributed by atoms with Gasteiger partial charge in [-0.25, -0.2) is 0 Å². The number of halogens is 1. The van der Waals surface area contributed by atoms with Gasteiger partial charge in [0.25, 0.3) is 5.91 Å². The number of benzene rings is 2. The Labute approximate surface area is 126 Å².